The monoisotopic (exact) mass is 396 g/mol. The van der Waals surface area contributed by atoms with E-state index in [-0.39, 0.29) is 0 Å². The second kappa shape index (κ2) is 10.1. The van der Waals surface area contributed by atoms with E-state index in [0.717, 1.165) is 12.3 Å². The molecular formula is C30H36. The number of fused-ring (bicyclic) bond motifs is 1. The van der Waals surface area contributed by atoms with Crippen molar-refractivity contribution < 1.29 is 0 Å². The Morgan fingerprint density at radius 1 is 0.900 bits per heavy atom. The third kappa shape index (κ3) is 4.86. The summed E-state index contributed by atoms with van der Waals surface area (Å²) in [4.78, 5) is 0. The zero-order valence-corrected chi connectivity index (χ0v) is 18.7. The lowest BCUT2D eigenvalue weighted by Crippen LogP contribution is -2.12. The van der Waals surface area contributed by atoms with E-state index >= 15 is 0 Å². The minimum atomic E-state index is 0.433. The molecule has 1 aromatic carbocycles. The van der Waals surface area contributed by atoms with Crippen LogP contribution in [0.5, 0.6) is 0 Å². The second-order valence-electron chi connectivity index (χ2n) is 9.03. The third-order valence-electron chi connectivity index (χ3n) is 6.95. The van der Waals surface area contributed by atoms with E-state index in [1.807, 2.05) is 0 Å². The molecule has 0 saturated heterocycles. The Hall–Kier alpha value is -2.34. The maximum Gasteiger partial charge on any atom is 0.0281 e. The molecule has 1 aromatic rings. The van der Waals surface area contributed by atoms with Gasteiger partial charge in [-0.1, -0.05) is 106 Å². The number of hydrogen-bond donors (Lipinski definition) is 0. The maximum atomic E-state index is 2.40. The Balaban J connectivity index is 1.43. The molecule has 4 rings (SSSR count). The highest BCUT2D eigenvalue weighted by atomic mass is 14.3. The fourth-order valence-corrected chi connectivity index (χ4v) is 5.09. The van der Waals surface area contributed by atoms with Crippen molar-refractivity contribution in [1.82, 2.24) is 0 Å². The van der Waals surface area contributed by atoms with Crippen LogP contribution in [0.3, 0.4) is 0 Å². The molecule has 0 aromatic heterocycles. The maximum absolute atomic E-state index is 2.40. The number of aryl methyl sites for hydroxylation is 1. The van der Waals surface area contributed by atoms with Gasteiger partial charge in [0, 0.05) is 5.92 Å². The molecule has 0 heteroatoms. The summed E-state index contributed by atoms with van der Waals surface area (Å²) in [5.41, 5.74) is 8.74. The first kappa shape index (κ1) is 20.9. The first-order valence-electron chi connectivity index (χ1n) is 12.0. The van der Waals surface area contributed by atoms with Gasteiger partial charge < -0.3 is 0 Å². The van der Waals surface area contributed by atoms with Crippen LogP contribution in [-0.4, -0.2) is 0 Å². The van der Waals surface area contributed by atoms with Gasteiger partial charge in [0.25, 0.3) is 0 Å². The number of hydrogen-bond acceptors (Lipinski definition) is 0. The molecule has 0 heterocycles. The first-order valence-corrected chi connectivity index (χ1v) is 12.0. The molecule has 0 spiro atoms. The summed E-state index contributed by atoms with van der Waals surface area (Å²) < 4.78 is 0. The van der Waals surface area contributed by atoms with Crippen LogP contribution in [-0.2, 0) is 12.8 Å². The van der Waals surface area contributed by atoms with Crippen LogP contribution in [0, 0.1) is 11.8 Å². The van der Waals surface area contributed by atoms with Crippen LogP contribution < -0.4 is 0 Å². The van der Waals surface area contributed by atoms with Crippen molar-refractivity contribution in [1.29, 1.82) is 0 Å². The Bertz CT molecular complexity index is 911. The van der Waals surface area contributed by atoms with Crippen LogP contribution in [0.15, 0.2) is 95.2 Å². The fraction of sp³-hybridized carbons (Fsp3) is 0.400. The average Bonchev–Trinajstić information content (AvgIpc) is 3.29. The largest absolute Gasteiger partial charge is 0.0836 e. The van der Waals surface area contributed by atoms with Gasteiger partial charge in [0.05, 0.1) is 0 Å². The number of benzene rings is 1. The van der Waals surface area contributed by atoms with Crippen molar-refractivity contribution in [2.75, 3.05) is 0 Å². The lowest BCUT2D eigenvalue weighted by molar-refractivity contribution is 0.432. The predicted octanol–water partition coefficient (Wildman–Crippen LogP) is 8.24. The third-order valence-corrected chi connectivity index (χ3v) is 6.95. The van der Waals surface area contributed by atoms with Crippen molar-refractivity contribution in [2.45, 2.75) is 65.2 Å². The van der Waals surface area contributed by atoms with Crippen molar-refractivity contribution in [3.05, 3.63) is 106 Å². The summed E-state index contributed by atoms with van der Waals surface area (Å²) >= 11 is 0. The quantitative estimate of drug-likeness (QED) is 0.394. The summed E-state index contributed by atoms with van der Waals surface area (Å²) in [7, 11) is 0. The molecule has 0 N–H and O–H groups in total. The van der Waals surface area contributed by atoms with Crippen LogP contribution in [0.4, 0.5) is 0 Å². The SMILES string of the molecule is CCCC(CC)CCc1ccc(CC2=CC=C(C3=CCCC=C3)C3C=CC=C23)cc1. The van der Waals surface area contributed by atoms with E-state index in [1.165, 1.54) is 78.4 Å². The van der Waals surface area contributed by atoms with Gasteiger partial charge in [-0.25, -0.2) is 0 Å². The second-order valence-corrected chi connectivity index (χ2v) is 9.03. The van der Waals surface area contributed by atoms with Crippen LogP contribution in [0.2, 0.25) is 0 Å². The normalized spacial score (nSPS) is 20.9. The fourth-order valence-electron chi connectivity index (χ4n) is 5.09. The molecule has 0 bridgehead atoms. The molecule has 0 aliphatic heterocycles. The van der Waals surface area contributed by atoms with E-state index in [2.05, 4.69) is 86.7 Å². The summed E-state index contributed by atoms with van der Waals surface area (Å²) in [6.07, 6.45) is 28.6. The van der Waals surface area contributed by atoms with E-state index in [1.54, 1.807) is 0 Å². The summed E-state index contributed by atoms with van der Waals surface area (Å²) in [6.45, 7) is 4.64. The Kier molecular flexibility index (Phi) is 7.05. The van der Waals surface area contributed by atoms with E-state index in [4.69, 9.17) is 0 Å². The molecule has 0 amide bonds. The molecule has 3 aliphatic rings. The smallest absolute Gasteiger partial charge is 0.0281 e. The number of rotatable bonds is 9. The van der Waals surface area contributed by atoms with E-state index < -0.39 is 0 Å². The molecular weight excluding hydrogens is 360 g/mol. The lowest BCUT2D eigenvalue weighted by Gasteiger charge is -2.26. The molecule has 3 aliphatic carbocycles. The Morgan fingerprint density at radius 2 is 1.73 bits per heavy atom. The molecule has 0 saturated carbocycles. The standard InChI is InChI=1S/C30H36/c1-3-9-23(4-2)14-15-24-16-18-25(19-17-24)22-27-20-21-29(26-10-6-5-7-11-26)30-13-8-12-28(27)30/h6,8,10-13,16-21,23,30H,3-5,7,9,14-15,22H2,1-2H3. The summed E-state index contributed by atoms with van der Waals surface area (Å²) in [5, 5.41) is 0. The molecule has 0 fully saturated rings. The molecule has 30 heavy (non-hydrogen) atoms. The van der Waals surface area contributed by atoms with Crippen LogP contribution in [0.1, 0.15) is 63.5 Å². The van der Waals surface area contributed by atoms with Gasteiger partial charge in [0.15, 0.2) is 0 Å². The molecule has 2 atom stereocenters. The van der Waals surface area contributed by atoms with Crippen LogP contribution in [0.25, 0.3) is 0 Å². The predicted molar refractivity (Wildman–Crippen MR) is 130 cm³/mol. The molecule has 2 unspecified atom stereocenters. The van der Waals surface area contributed by atoms with Gasteiger partial charge in [-0.3, -0.25) is 0 Å². The highest BCUT2D eigenvalue weighted by Gasteiger charge is 2.26. The first-order chi connectivity index (χ1) is 14.8. The molecule has 0 nitrogen and oxygen atoms in total. The highest BCUT2D eigenvalue weighted by Crippen LogP contribution is 2.40. The minimum Gasteiger partial charge on any atom is -0.0836 e. The minimum absolute atomic E-state index is 0.433. The van der Waals surface area contributed by atoms with Gasteiger partial charge in [0.2, 0.25) is 0 Å². The highest BCUT2D eigenvalue weighted by molar-refractivity contribution is 5.60. The van der Waals surface area contributed by atoms with Gasteiger partial charge in [-0.2, -0.15) is 0 Å². The van der Waals surface area contributed by atoms with Gasteiger partial charge in [0.1, 0.15) is 0 Å². The van der Waals surface area contributed by atoms with Crippen molar-refractivity contribution in [2.24, 2.45) is 11.8 Å². The van der Waals surface area contributed by atoms with Gasteiger partial charge in [-0.15, -0.1) is 0 Å². The van der Waals surface area contributed by atoms with Crippen molar-refractivity contribution in [3.8, 4) is 0 Å². The molecule has 156 valence electrons. The average molecular weight is 397 g/mol. The zero-order valence-electron chi connectivity index (χ0n) is 18.7. The van der Waals surface area contributed by atoms with Gasteiger partial charge >= 0.3 is 0 Å². The van der Waals surface area contributed by atoms with Crippen molar-refractivity contribution in [3.63, 3.8) is 0 Å². The van der Waals surface area contributed by atoms with Crippen molar-refractivity contribution >= 4 is 0 Å². The van der Waals surface area contributed by atoms with E-state index in [9.17, 15) is 0 Å². The topological polar surface area (TPSA) is 0 Å². The number of allylic oxidation sites excluding steroid dienone is 12. The summed E-state index contributed by atoms with van der Waals surface area (Å²) in [5.74, 6) is 1.32. The molecule has 0 radical (unpaired) electrons. The summed E-state index contributed by atoms with van der Waals surface area (Å²) in [6, 6.07) is 9.41. The van der Waals surface area contributed by atoms with E-state index in [0.29, 0.717) is 5.92 Å². The van der Waals surface area contributed by atoms with Crippen LogP contribution >= 0.6 is 0 Å². The van der Waals surface area contributed by atoms with Gasteiger partial charge in [-0.05, 0) is 71.4 Å². The Morgan fingerprint density at radius 3 is 2.47 bits per heavy atom. The lowest BCUT2D eigenvalue weighted by atomic mass is 9.78. The zero-order chi connectivity index (χ0) is 20.8. The Labute approximate surface area is 183 Å².